The second-order valence-corrected chi connectivity index (χ2v) is 7.48. The van der Waals surface area contributed by atoms with Crippen molar-refractivity contribution in [2.45, 2.75) is 39.0 Å². The number of hydrogen-bond donors (Lipinski definition) is 2. The Bertz CT molecular complexity index is 957. The molecule has 152 valence electrons. The Kier molecular flexibility index (Phi) is 7.00. The van der Waals surface area contributed by atoms with Gasteiger partial charge in [0.15, 0.2) is 0 Å². The number of nitrogens with zero attached hydrogens (tertiary/aromatic N) is 2. The summed E-state index contributed by atoms with van der Waals surface area (Å²) in [6.45, 7) is 2.85. The van der Waals surface area contributed by atoms with E-state index in [0.717, 1.165) is 23.1 Å². The maximum Gasteiger partial charge on any atom is 0.252 e. The van der Waals surface area contributed by atoms with E-state index in [0.29, 0.717) is 11.5 Å². The number of hydrogen-bond acceptors (Lipinski definition) is 3. The molecule has 1 aliphatic carbocycles. The first-order chi connectivity index (χ1) is 14.1. The maximum absolute atomic E-state index is 12.7. The number of rotatable bonds is 4. The van der Waals surface area contributed by atoms with Gasteiger partial charge in [-0.05, 0) is 49.9 Å². The van der Waals surface area contributed by atoms with E-state index in [1.165, 1.54) is 37.7 Å². The molecule has 0 saturated heterocycles. The largest absolute Gasteiger partial charge is 0.372 e. The van der Waals surface area contributed by atoms with Crippen LogP contribution in [-0.2, 0) is 4.79 Å². The number of primary amides is 1. The van der Waals surface area contributed by atoms with E-state index in [1.807, 2.05) is 22.9 Å². The van der Waals surface area contributed by atoms with Gasteiger partial charge in [0.2, 0.25) is 6.41 Å². The normalized spacial score (nSPS) is 14.1. The zero-order valence-electron chi connectivity index (χ0n) is 16.8. The van der Waals surface area contributed by atoms with Gasteiger partial charge in [-0.25, -0.2) is 4.68 Å². The zero-order chi connectivity index (χ0) is 20.6. The van der Waals surface area contributed by atoms with Crippen LogP contribution in [0.25, 0.3) is 16.6 Å². The molecule has 0 radical (unpaired) electrons. The minimum atomic E-state index is 0.00429. The van der Waals surface area contributed by atoms with Crippen molar-refractivity contribution in [3.63, 3.8) is 0 Å². The van der Waals surface area contributed by atoms with Gasteiger partial charge in [-0.3, -0.25) is 9.59 Å². The van der Waals surface area contributed by atoms with Crippen LogP contribution in [-0.4, -0.2) is 28.6 Å². The number of benzene rings is 2. The van der Waals surface area contributed by atoms with Crippen molar-refractivity contribution < 1.29 is 9.59 Å². The lowest BCUT2D eigenvalue weighted by molar-refractivity contribution is -0.106. The molecule has 0 spiro atoms. The van der Waals surface area contributed by atoms with Crippen molar-refractivity contribution in [2.24, 2.45) is 11.7 Å². The molecule has 0 atom stereocenters. The van der Waals surface area contributed by atoms with Gasteiger partial charge in [0.1, 0.15) is 0 Å². The van der Waals surface area contributed by atoms with Gasteiger partial charge >= 0.3 is 0 Å². The monoisotopic (exact) mass is 392 g/mol. The third kappa shape index (κ3) is 5.02. The van der Waals surface area contributed by atoms with Crippen LogP contribution in [0.3, 0.4) is 0 Å². The average molecular weight is 393 g/mol. The summed E-state index contributed by atoms with van der Waals surface area (Å²) < 4.78 is 1.90. The van der Waals surface area contributed by atoms with Gasteiger partial charge in [-0.2, -0.15) is 5.10 Å². The fourth-order valence-electron chi connectivity index (χ4n) is 3.86. The van der Waals surface area contributed by atoms with E-state index in [2.05, 4.69) is 47.3 Å². The first kappa shape index (κ1) is 20.6. The number of fused-ring (bicyclic) bond motifs is 1. The van der Waals surface area contributed by atoms with Crippen molar-refractivity contribution in [2.75, 3.05) is 6.54 Å². The summed E-state index contributed by atoms with van der Waals surface area (Å²) in [5.41, 5.74) is 8.05. The highest BCUT2D eigenvalue weighted by molar-refractivity contribution is 6.06. The number of nitrogens with one attached hydrogen (secondary N) is 1. The highest BCUT2D eigenvalue weighted by Crippen LogP contribution is 2.24. The number of carbonyl (C=O) groups is 2. The van der Waals surface area contributed by atoms with Gasteiger partial charge in [-0.1, -0.05) is 43.0 Å². The molecule has 0 unspecified atom stereocenters. The number of carbonyl (C=O) groups excluding carboxylic acids is 2. The summed E-state index contributed by atoms with van der Waals surface area (Å²) in [4.78, 5) is 21.3. The van der Waals surface area contributed by atoms with E-state index in [1.54, 1.807) is 6.20 Å². The van der Waals surface area contributed by atoms with E-state index in [4.69, 9.17) is 4.79 Å². The third-order valence-electron chi connectivity index (χ3n) is 5.41. The molecule has 1 saturated carbocycles. The highest BCUT2D eigenvalue weighted by Gasteiger charge is 2.17. The summed E-state index contributed by atoms with van der Waals surface area (Å²) in [5, 5.41) is 8.56. The Balaban J connectivity index is 0.000000755. The molecular weight excluding hydrogens is 364 g/mol. The molecule has 2 amide bonds. The summed E-state index contributed by atoms with van der Waals surface area (Å²) in [6.07, 6.45) is 8.43. The Hall–Kier alpha value is -3.15. The predicted molar refractivity (Wildman–Crippen MR) is 115 cm³/mol. The Morgan fingerprint density at radius 3 is 2.55 bits per heavy atom. The summed E-state index contributed by atoms with van der Waals surface area (Å²) >= 11 is 0. The molecular formula is C23H28N4O2. The molecule has 1 fully saturated rings. The molecule has 29 heavy (non-hydrogen) atoms. The molecule has 6 nitrogen and oxygen atoms in total. The number of amides is 2. The Morgan fingerprint density at radius 1 is 1.17 bits per heavy atom. The van der Waals surface area contributed by atoms with Gasteiger partial charge < -0.3 is 11.1 Å². The van der Waals surface area contributed by atoms with Gasteiger partial charge in [-0.15, -0.1) is 0 Å². The lowest BCUT2D eigenvalue weighted by Crippen LogP contribution is -2.30. The van der Waals surface area contributed by atoms with Crippen LogP contribution in [0.15, 0.2) is 48.7 Å². The van der Waals surface area contributed by atoms with Crippen molar-refractivity contribution in [1.29, 1.82) is 0 Å². The average Bonchev–Trinajstić information content (AvgIpc) is 3.18. The summed E-state index contributed by atoms with van der Waals surface area (Å²) in [5.74, 6) is 0.631. The zero-order valence-corrected chi connectivity index (χ0v) is 16.8. The van der Waals surface area contributed by atoms with E-state index >= 15 is 0 Å². The second kappa shape index (κ2) is 9.87. The fourth-order valence-corrected chi connectivity index (χ4v) is 3.86. The molecule has 1 aliphatic rings. The van der Waals surface area contributed by atoms with E-state index in [-0.39, 0.29) is 12.3 Å². The Morgan fingerprint density at radius 2 is 1.86 bits per heavy atom. The van der Waals surface area contributed by atoms with Crippen LogP contribution < -0.4 is 11.1 Å². The lowest BCUT2D eigenvalue weighted by Gasteiger charge is -2.21. The molecule has 0 aliphatic heterocycles. The standard InChI is InChI=1S/C22H25N3O.CH3NO/c1-16-10-12-18(13-11-16)25-21-9-5-8-19(20(21)15-24-25)22(26)23-14-17-6-3-2-4-7-17;2-1-3/h5,8-13,15,17H,2-4,6-7,14H2,1H3,(H,23,26);1H,(H2,2,3). The quantitative estimate of drug-likeness (QED) is 0.663. The maximum atomic E-state index is 12.7. The molecule has 6 heteroatoms. The van der Waals surface area contributed by atoms with Gasteiger partial charge in [0, 0.05) is 11.9 Å². The minimum Gasteiger partial charge on any atom is -0.372 e. The van der Waals surface area contributed by atoms with Crippen LogP contribution in [0.4, 0.5) is 0 Å². The van der Waals surface area contributed by atoms with E-state index < -0.39 is 0 Å². The van der Waals surface area contributed by atoms with Crippen molar-refractivity contribution in [1.82, 2.24) is 15.1 Å². The molecule has 4 rings (SSSR count). The van der Waals surface area contributed by atoms with Crippen molar-refractivity contribution in [3.8, 4) is 5.69 Å². The van der Waals surface area contributed by atoms with Crippen LogP contribution in [0.1, 0.15) is 48.0 Å². The first-order valence-electron chi connectivity index (χ1n) is 10.1. The molecule has 3 N–H and O–H groups in total. The number of nitrogens with two attached hydrogens (primary N) is 1. The minimum absolute atomic E-state index is 0.00429. The first-order valence-corrected chi connectivity index (χ1v) is 10.1. The molecule has 3 aromatic rings. The Labute approximate surface area is 171 Å². The second-order valence-electron chi connectivity index (χ2n) is 7.48. The van der Waals surface area contributed by atoms with Crippen LogP contribution in [0.2, 0.25) is 0 Å². The van der Waals surface area contributed by atoms with Crippen LogP contribution in [0.5, 0.6) is 0 Å². The van der Waals surface area contributed by atoms with E-state index in [9.17, 15) is 4.79 Å². The smallest absolute Gasteiger partial charge is 0.252 e. The van der Waals surface area contributed by atoms with Gasteiger partial charge in [0.25, 0.3) is 5.91 Å². The third-order valence-corrected chi connectivity index (χ3v) is 5.41. The number of aryl methyl sites for hydroxylation is 1. The lowest BCUT2D eigenvalue weighted by atomic mass is 9.89. The van der Waals surface area contributed by atoms with Crippen molar-refractivity contribution >= 4 is 23.2 Å². The SMILES string of the molecule is Cc1ccc(-n2ncc3c(C(=O)NCC4CCCCC4)cccc32)cc1.NC=O. The highest BCUT2D eigenvalue weighted by atomic mass is 16.1. The van der Waals surface area contributed by atoms with Crippen LogP contribution >= 0.6 is 0 Å². The number of aromatic nitrogens is 2. The van der Waals surface area contributed by atoms with Crippen LogP contribution in [0, 0.1) is 12.8 Å². The molecule has 1 aromatic heterocycles. The molecule has 1 heterocycles. The predicted octanol–water partition coefficient (Wildman–Crippen LogP) is 3.75. The van der Waals surface area contributed by atoms with Crippen molar-refractivity contribution in [3.05, 3.63) is 59.8 Å². The van der Waals surface area contributed by atoms with Gasteiger partial charge in [0.05, 0.1) is 23.0 Å². The summed E-state index contributed by atoms with van der Waals surface area (Å²) in [7, 11) is 0. The topological polar surface area (TPSA) is 90.0 Å². The molecule has 2 aromatic carbocycles. The fraction of sp³-hybridized carbons (Fsp3) is 0.348. The molecule has 0 bridgehead atoms. The summed E-state index contributed by atoms with van der Waals surface area (Å²) in [6, 6.07) is 14.1.